The lowest BCUT2D eigenvalue weighted by atomic mass is 10.0. The fourth-order valence-corrected chi connectivity index (χ4v) is 5.30. The first-order chi connectivity index (χ1) is 14.7. The molecule has 0 radical (unpaired) electrons. The molecule has 2 heterocycles. The molecule has 0 atom stereocenters. The summed E-state index contributed by atoms with van der Waals surface area (Å²) in [6, 6.07) is 19.4. The Bertz CT molecular complexity index is 1680. The normalized spacial score (nSPS) is 10.5. The van der Waals surface area contributed by atoms with Crippen molar-refractivity contribution in [1.82, 2.24) is 9.97 Å². The van der Waals surface area contributed by atoms with Crippen LogP contribution in [0.25, 0.3) is 53.1 Å². The van der Waals surface area contributed by atoms with Crippen molar-refractivity contribution in [3.8, 4) is 24.3 Å². The molecule has 8 heteroatoms. The van der Waals surface area contributed by atoms with Gasteiger partial charge in [-0.15, -0.1) is 22.7 Å². The molecular weight excluding hydrogens is 412 g/mol. The highest BCUT2D eigenvalue weighted by Crippen LogP contribution is 2.36. The van der Waals surface area contributed by atoms with Gasteiger partial charge >= 0.3 is 0 Å². The van der Waals surface area contributed by atoms with Crippen LogP contribution in [0.4, 0.5) is 0 Å². The maximum absolute atomic E-state index is 9.23. The lowest BCUT2D eigenvalue weighted by Crippen LogP contribution is -2.01. The number of aromatic nitrogens is 2. The van der Waals surface area contributed by atoms with Gasteiger partial charge in [0.15, 0.2) is 11.1 Å². The highest BCUT2D eigenvalue weighted by molar-refractivity contribution is 7.17. The molecule has 0 N–H and O–H groups in total. The summed E-state index contributed by atoms with van der Waals surface area (Å²) in [4.78, 5) is 9.23. The van der Waals surface area contributed by atoms with Gasteiger partial charge in [0.1, 0.15) is 33.6 Å². The molecule has 0 spiro atoms. The molecule has 0 bridgehead atoms. The van der Waals surface area contributed by atoms with Crippen molar-refractivity contribution in [1.29, 1.82) is 21.0 Å². The molecule has 6 nitrogen and oxygen atoms in total. The van der Waals surface area contributed by atoms with E-state index in [4.69, 9.17) is 0 Å². The summed E-state index contributed by atoms with van der Waals surface area (Å²) in [7, 11) is 0. The van der Waals surface area contributed by atoms with Crippen molar-refractivity contribution in [2.75, 3.05) is 0 Å². The summed E-state index contributed by atoms with van der Waals surface area (Å²) >= 11 is 2.60. The second-order valence-electron chi connectivity index (χ2n) is 6.32. The molecule has 0 aliphatic rings. The zero-order valence-corrected chi connectivity index (χ0v) is 16.6. The minimum absolute atomic E-state index is 0.0204. The van der Waals surface area contributed by atoms with Crippen LogP contribution in [-0.4, -0.2) is 9.97 Å². The fraction of sp³-hybridized carbons (Fsp3) is 0. The lowest BCUT2D eigenvalue weighted by Gasteiger charge is -2.05. The number of nitriles is 4. The van der Waals surface area contributed by atoms with Crippen LogP contribution >= 0.6 is 22.7 Å². The largest absolute Gasteiger partial charge is 0.234 e. The zero-order valence-electron chi connectivity index (χ0n) is 15.0. The van der Waals surface area contributed by atoms with Gasteiger partial charge in [0.05, 0.1) is 20.4 Å². The molecule has 5 rings (SSSR count). The van der Waals surface area contributed by atoms with Crippen molar-refractivity contribution >= 4 is 75.8 Å². The molecule has 5 aromatic rings. The third-order valence-electron chi connectivity index (χ3n) is 4.75. The van der Waals surface area contributed by atoms with Crippen molar-refractivity contribution in [2.24, 2.45) is 0 Å². The monoisotopic (exact) mass is 418 g/mol. The molecule has 0 unspecified atom stereocenters. The highest BCUT2D eigenvalue weighted by atomic mass is 32.1. The Morgan fingerprint density at radius 3 is 1.33 bits per heavy atom. The van der Waals surface area contributed by atoms with E-state index in [1.165, 1.54) is 22.7 Å². The second kappa shape index (κ2) is 6.62. The molecule has 0 aliphatic carbocycles. The Morgan fingerprint density at radius 1 is 0.600 bits per heavy atom. The van der Waals surface area contributed by atoms with Gasteiger partial charge in [0.2, 0.25) is 0 Å². The van der Waals surface area contributed by atoms with Gasteiger partial charge in [-0.2, -0.15) is 21.0 Å². The number of thiazole rings is 2. The molecule has 30 heavy (non-hydrogen) atoms. The van der Waals surface area contributed by atoms with E-state index in [-0.39, 0.29) is 11.1 Å². The van der Waals surface area contributed by atoms with Gasteiger partial charge in [-0.1, -0.05) is 24.3 Å². The number of hydrogen-bond donors (Lipinski definition) is 0. The molecule has 0 amide bonds. The summed E-state index contributed by atoms with van der Waals surface area (Å²) in [5, 5.41) is 40.6. The first kappa shape index (κ1) is 17.7. The van der Waals surface area contributed by atoms with Gasteiger partial charge in [0.25, 0.3) is 0 Å². The van der Waals surface area contributed by atoms with Gasteiger partial charge in [0, 0.05) is 10.8 Å². The van der Waals surface area contributed by atoms with E-state index >= 15 is 0 Å². The van der Waals surface area contributed by atoms with Crippen LogP contribution in [0.15, 0.2) is 36.4 Å². The van der Waals surface area contributed by atoms with E-state index in [2.05, 4.69) is 9.97 Å². The van der Waals surface area contributed by atoms with Gasteiger partial charge < -0.3 is 0 Å². The predicted molar refractivity (Wildman–Crippen MR) is 116 cm³/mol. The van der Waals surface area contributed by atoms with Crippen molar-refractivity contribution in [3.05, 3.63) is 45.7 Å². The molecule has 3 aromatic carbocycles. The standard InChI is InChI=1S/C22H6N6S2/c23-7-13(8-24)21-27-19-15(29-21)5-3-11-1-2-12-4-6-16-20(18(12)17(11)19)28-22(30-16)14(9-25)10-26/h1-6H. The Morgan fingerprint density at radius 2 is 0.967 bits per heavy atom. The van der Waals surface area contributed by atoms with E-state index in [1.54, 1.807) is 0 Å². The molecule has 2 aromatic heterocycles. The van der Waals surface area contributed by atoms with E-state index in [1.807, 2.05) is 60.7 Å². The molecular formula is C22H6N6S2. The quantitative estimate of drug-likeness (QED) is 0.354. The van der Waals surface area contributed by atoms with Crippen LogP contribution in [0, 0.1) is 45.3 Å². The van der Waals surface area contributed by atoms with Gasteiger partial charge in [-0.3, -0.25) is 0 Å². The Kier molecular flexibility index (Phi) is 3.91. The molecule has 0 fully saturated rings. The number of rotatable bonds is 0. The number of fused-ring (bicyclic) bond motifs is 7. The average molecular weight is 418 g/mol. The van der Waals surface area contributed by atoms with E-state index in [9.17, 15) is 21.0 Å². The fourth-order valence-electron chi connectivity index (χ4n) is 3.46. The van der Waals surface area contributed by atoms with E-state index < -0.39 is 0 Å². The highest BCUT2D eigenvalue weighted by Gasteiger charge is 2.14. The number of benzene rings is 3. The summed E-state index contributed by atoms with van der Waals surface area (Å²) < 4.78 is 2.49. The molecule has 136 valence electrons. The van der Waals surface area contributed by atoms with Crippen molar-refractivity contribution in [2.45, 2.75) is 0 Å². The van der Waals surface area contributed by atoms with Crippen molar-refractivity contribution in [3.63, 3.8) is 0 Å². The Labute approximate surface area is 176 Å². The smallest absolute Gasteiger partial charge is 0.165 e. The van der Waals surface area contributed by atoms with Crippen LogP contribution in [-0.2, 0) is 0 Å². The molecule has 0 saturated heterocycles. The summed E-state index contributed by atoms with van der Waals surface area (Å²) in [5.41, 5.74) is 1.36. The summed E-state index contributed by atoms with van der Waals surface area (Å²) in [5.74, 6) is 0. The van der Waals surface area contributed by atoms with Crippen molar-refractivity contribution < 1.29 is 0 Å². The topological polar surface area (TPSA) is 121 Å². The van der Waals surface area contributed by atoms with Gasteiger partial charge in [-0.05, 0) is 22.9 Å². The van der Waals surface area contributed by atoms with Gasteiger partial charge in [-0.25, -0.2) is 9.97 Å². The maximum Gasteiger partial charge on any atom is 0.165 e. The molecule has 0 saturated carbocycles. The predicted octanol–water partition coefficient (Wildman–Crippen LogP) is 3.61. The van der Waals surface area contributed by atoms with Crippen LogP contribution in [0.3, 0.4) is 0 Å². The van der Waals surface area contributed by atoms with Crippen LogP contribution in [0.5, 0.6) is 0 Å². The lowest BCUT2D eigenvalue weighted by molar-refractivity contribution is 1.40. The third-order valence-corrected chi connectivity index (χ3v) is 6.83. The average Bonchev–Trinajstić information content (AvgIpc) is 3.39. The minimum atomic E-state index is -0.0204. The van der Waals surface area contributed by atoms with E-state index in [0.717, 1.165) is 30.9 Å². The first-order valence-corrected chi connectivity index (χ1v) is 10.2. The Balaban J connectivity index is 2.08. The first-order valence-electron chi connectivity index (χ1n) is 8.59. The van der Waals surface area contributed by atoms with Crippen LogP contribution in [0.1, 0.15) is 0 Å². The van der Waals surface area contributed by atoms with E-state index in [0.29, 0.717) is 20.4 Å². The number of hydrogen-bond acceptors (Lipinski definition) is 8. The minimum Gasteiger partial charge on any atom is -0.234 e. The third kappa shape index (κ3) is 2.43. The molecule has 0 aliphatic heterocycles. The Hall–Kier alpha value is -4.34. The maximum atomic E-state index is 9.23. The van der Waals surface area contributed by atoms with Crippen LogP contribution < -0.4 is 9.33 Å². The SMILES string of the molecule is N#CC(C#N)=c1nc2c(ccc3ccc4ccc5sc(=C(C#N)C#N)nc5c4c32)s1. The summed E-state index contributed by atoms with van der Waals surface area (Å²) in [6.07, 6.45) is 0. The van der Waals surface area contributed by atoms with Crippen LogP contribution in [0.2, 0.25) is 0 Å². The number of nitrogens with zero attached hydrogens (tertiary/aromatic N) is 6. The second-order valence-corrected chi connectivity index (χ2v) is 8.38. The zero-order chi connectivity index (χ0) is 20.8. The summed E-state index contributed by atoms with van der Waals surface area (Å²) in [6.45, 7) is 0.